The van der Waals surface area contributed by atoms with Crippen LogP contribution in [0.25, 0.3) is 0 Å². The van der Waals surface area contributed by atoms with E-state index in [4.69, 9.17) is 4.74 Å². The third kappa shape index (κ3) is 7.38. The first kappa shape index (κ1) is 16.8. The van der Waals surface area contributed by atoms with Gasteiger partial charge in [-0.1, -0.05) is 13.8 Å². The summed E-state index contributed by atoms with van der Waals surface area (Å²) in [5, 5.41) is 3.74. The smallest absolute Gasteiger partial charge is 0.407 e. The molecule has 0 saturated heterocycles. The topological polar surface area (TPSA) is 51.2 Å². The predicted octanol–water partition coefficient (Wildman–Crippen LogP) is 3.85. The first-order valence-corrected chi connectivity index (χ1v) is 7.79. The SMILES string of the molecule is CC(C)CSc1cc(CNC(=O)OC(C)(C)C)ccn1. The average Bonchev–Trinajstić information content (AvgIpc) is 2.32. The van der Waals surface area contributed by atoms with E-state index >= 15 is 0 Å². The van der Waals surface area contributed by atoms with Gasteiger partial charge in [-0.2, -0.15) is 0 Å². The number of nitrogens with zero attached hydrogens (tertiary/aromatic N) is 1. The van der Waals surface area contributed by atoms with Gasteiger partial charge < -0.3 is 10.1 Å². The molecule has 0 aromatic carbocycles. The van der Waals surface area contributed by atoms with Crippen LogP contribution >= 0.6 is 11.8 Å². The number of nitrogens with one attached hydrogen (secondary N) is 1. The van der Waals surface area contributed by atoms with Crippen LogP contribution < -0.4 is 5.32 Å². The fourth-order valence-corrected chi connectivity index (χ4v) is 2.25. The van der Waals surface area contributed by atoms with Crippen LogP contribution in [-0.2, 0) is 11.3 Å². The summed E-state index contributed by atoms with van der Waals surface area (Å²) >= 11 is 1.73. The summed E-state index contributed by atoms with van der Waals surface area (Å²) in [5.41, 5.74) is 0.553. The molecule has 0 aliphatic heterocycles. The summed E-state index contributed by atoms with van der Waals surface area (Å²) in [4.78, 5) is 15.9. The molecule has 112 valence electrons. The van der Waals surface area contributed by atoms with Crippen molar-refractivity contribution in [1.29, 1.82) is 0 Å². The second-order valence-electron chi connectivity index (χ2n) is 6.06. The Hall–Kier alpha value is -1.23. The van der Waals surface area contributed by atoms with E-state index < -0.39 is 11.7 Å². The Balaban J connectivity index is 2.48. The average molecular weight is 296 g/mol. The summed E-state index contributed by atoms with van der Waals surface area (Å²) in [6.45, 7) is 10.4. The molecule has 0 fully saturated rings. The molecule has 1 aromatic rings. The Bertz CT molecular complexity index is 442. The van der Waals surface area contributed by atoms with Crippen LogP contribution in [0.3, 0.4) is 0 Å². The fourth-order valence-electron chi connectivity index (χ4n) is 1.38. The summed E-state index contributed by atoms with van der Waals surface area (Å²) in [7, 11) is 0. The van der Waals surface area contributed by atoms with Gasteiger partial charge in [0.15, 0.2) is 0 Å². The highest BCUT2D eigenvalue weighted by molar-refractivity contribution is 7.99. The summed E-state index contributed by atoms with van der Waals surface area (Å²) < 4.78 is 5.20. The highest BCUT2D eigenvalue weighted by Crippen LogP contribution is 2.19. The van der Waals surface area contributed by atoms with Gasteiger partial charge >= 0.3 is 6.09 Å². The van der Waals surface area contributed by atoms with Crippen LogP contribution in [0.2, 0.25) is 0 Å². The molecule has 1 rings (SSSR count). The first-order valence-electron chi connectivity index (χ1n) is 6.81. The molecule has 1 N–H and O–H groups in total. The zero-order valence-corrected chi connectivity index (χ0v) is 13.7. The number of thioether (sulfide) groups is 1. The molecule has 0 unspecified atom stereocenters. The molecule has 0 aliphatic rings. The number of rotatable bonds is 5. The third-order valence-corrected chi connectivity index (χ3v) is 3.55. The van der Waals surface area contributed by atoms with Crippen LogP contribution in [0.4, 0.5) is 4.79 Å². The van der Waals surface area contributed by atoms with E-state index in [0.29, 0.717) is 12.5 Å². The lowest BCUT2D eigenvalue weighted by Gasteiger charge is -2.19. The van der Waals surface area contributed by atoms with Gasteiger partial charge in [-0.15, -0.1) is 11.8 Å². The number of hydrogen-bond donors (Lipinski definition) is 1. The van der Waals surface area contributed by atoms with Gasteiger partial charge in [-0.25, -0.2) is 9.78 Å². The Morgan fingerprint density at radius 1 is 1.45 bits per heavy atom. The number of alkyl carbamates (subject to hydrolysis) is 1. The molecule has 20 heavy (non-hydrogen) atoms. The van der Waals surface area contributed by atoms with Crippen molar-refractivity contribution in [3.8, 4) is 0 Å². The highest BCUT2D eigenvalue weighted by Gasteiger charge is 2.15. The maximum Gasteiger partial charge on any atom is 0.407 e. The molecule has 0 atom stereocenters. The zero-order valence-electron chi connectivity index (χ0n) is 12.9. The number of carbonyl (C=O) groups excluding carboxylic acids is 1. The maximum atomic E-state index is 11.6. The van der Waals surface area contributed by atoms with Crippen LogP contribution in [0.1, 0.15) is 40.2 Å². The molecule has 0 radical (unpaired) electrons. The predicted molar refractivity (Wildman–Crippen MR) is 82.9 cm³/mol. The summed E-state index contributed by atoms with van der Waals surface area (Å²) in [5.74, 6) is 1.67. The number of aromatic nitrogens is 1. The zero-order chi connectivity index (χ0) is 15.2. The lowest BCUT2D eigenvalue weighted by molar-refractivity contribution is 0.0523. The summed E-state index contributed by atoms with van der Waals surface area (Å²) in [6, 6.07) is 3.90. The second kappa shape index (κ2) is 7.53. The van der Waals surface area contributed by atoms with Crippen molar-refractivity contribution in [3.63, 3.8) is 0 Å². The van der Waals surface area contributed by atoms with Crippen molar-refractivity contribution in [1.82, 2.24) is 10.3 Å². The van der Waals surface area contributed by atoms with Crippen molar-refractivity contribution in [2.75, 3.05) is 5.75 Å². The van der Waals surface area contributed by atoms with Crippen molar-refractivity contribution in [2.24, 2.45) is 5.92 Å². The quantitative estimate of drug-likeness (QED) is 0.838. The van der Waals surface area contributed by atoms with Crippen molar-refractivity contribution in [3.05, 3.63) is 23.9 Å². The van der Waals surface area contributed by atoms with E-state index in [9.17, 15) is 4.79 Å². The molecule has 1 heterocycles. The molecular weight excluding hydrogens is 272 g/mol. The van der Waals surface area contributed by atoms with Crippen LogP contribution in [0, 0.1) is 5.92 Å². The number of amides is 1. The minimum absolute atomic E-state index is 0.398. The van der Waals surface area contributed by atoms with Gasteiger partial charge in [-0.05, 0) is 44.4 Å². The van der Waals surface area contributed by atoms with E-state index in [1.165, 1.54) is 0 Å². The number of pyridine rings is 1. The third-order valence-electron chi connectivity index (χ3n) is 2.20. The highest BCUT2D eigenvalue weighted by atomic mass is 32.2. The van der Waals surface area contributed by atoms with Crippen molar-refractivity contribution >= 4 is 17.9 Å². The summed E-state index contributed by atoms with van der Waals surface area (Å²) in [6.07, 6.45) is 1.38. The van der Waals surface area contributed by atoms with E-state index in [-0.39, 0.29) is 0 Å². The van der Waals surface area contributed by atoms with Gasteiger partial charge in [0, 0.05) is 18.5 Å². The molecule has 0 bridgehead atoms. The van der Waals surface area contributed by atoms with Crippen LogP contribution in [-0.4, -0.2) is 22.4 Å². The standard InChI is InChI=1S/C15H24N2O2S/c1-11(2)10-20-13-8-12(6-7-16-13)9-17-14(18)19-15(3,4)5/h6-8,11H,9-10H2,1-5H3,(H,17,18). The monoisotopic (exact) mass is 296 g/mol. The Labute approximate surface area is 125 Å². The van der Waals surface area contributed by atoms with Crippen molar-refractivity contribution < 1.29 is 9.53 Å². The van der Waals surface area contributed by atoms with Crippen LogP contribution in [0.5, 0.6) is 0 Å². The van der Waals surface area contributed by atoms with Gasteiger partial charge in [0.1, 0.15) is 5.60 Å². The largest absolute Gasteiger partial charge is 0.444 e. The van der Waals surface area contributed by atoms with Gasteiger partial charge in [0.05, 0.1) is 5.03 Å². The maximum absolute atomic E-state index is 11.6. The number of hydrogen-bond acceptors (Lipinski definition) is 4. The number of carbonyl (C=O) groups is 1. The lowest BCUT2D eigenvalue weighted by Crippen LogP contribution is -2.32. The van der Waals surface area contributed by atoms with E-state index in [1.54, 1.807) is 18.0 Å². The molecule has 1 amide bonds. The van der Waals surface area contributed by atoms with Gasteiger partial charge in [-0.3, -0.25) is 0 Å². The lowest BCUT2D eigenvalue weighted by atomic mass is 10.2. The van der Waals surface area contributed by atoms with Crippen molar-refractivity contribution in [2.45, 2.75) is 51.8 Å². The molecule has 4 nitrogen and oxygen atoms in total. The molecule has 5 heteroatoms. The second-order valence-corrected chi connectivity index (χ2v) is 7.10. The number of ether oxygens (including phenoxy) is 1. The minimum atomic E-state index is -0.472. The van der Waals surface area contributed by atoms with Gasteiger partial charge in [0.2, 0.25) is 0 Å². The van der Waals surface area contributed by atoms with E-state index in [0.717, 1.165) is 16.3 Å². The molecule has 1 aromatic heterocycles. The Morgan fingerprint density at radius 2 is 2.15 bits per heavy atom. The first-order chi connectivity index (χ1) is 9.26. The van der Waals surface area contributed by atoms with Crippen LogP contribution in [0.15, 0.2) is 23.4 Å². The fraction of sp³-hybridized carbons (Fsp3) is 0.600. The van der Waals surface area contributed by atoms with E-state index in [1.807, 2.05) is 32.9 Å². The molecule has 0 spiro atoms. The Kier molecular flexibility index (Phi) is 6.33. The van der Waals surface area contributed by atoms with Gasteiger partial charge in [0.25, 0.3) is 0 Å². The minimum Gasteiger partial charge on any atom is -0.444 e. The molecular formula is C15H24N2O2S. The molecule has 0 aliphatic carbocycles. The normalized spacial score (nSPS) is 11.5. The Morgan fingerprint density at radius 3 is 2.75 bits per heavy atom. The van der Waals surface area contributed by atoms with E-state index in [2.05, 4.69) is 24.1 Å². The molecule has 0 saturated carbocycles.